The van der Waals surface area contributed by atoms with Gasteiger partial charge in [0.25, 0.3) is 0 Å². The monoisotopic (exact) mass is 421 g/mol. The summed E-state index contributed by atoms with van der Waals surface area (Å²) in [6.45, 7) is 0.130. The summed E-state index contributed by atoms with van der Waals surface area (Å²) in [6, 6.07) is 15.9. The lowest BCUT2D eigenvalue weighted by molar-refractivity contribution is -0.142. The van der Waals surface area contributed by atoms with E-state index in [0.29, 0.717) is 11.4 Å². The Balaban J connectivity index is 1.53. The van der Waals surface area contributed by atoms with Gasteiger partial charge in [0.05, 0.1) is 19.6 Å². The van der Waals surface area contributed by atoms with Crippen LogP contribution in [0.15, 0.2) is 54.6 Å². The van der Waals surface area contributed by atoms with Crippen LogP contribution in [0.2, 0.25) is 0 Å². The zero-order valence-electron chi connectivity index (χ0n) is 17.6. The van der Waals surface area contributed by atoms with Crippen molar-refractivity contribution >= 4 is 23.5 Å². The molecule has 4 amide bonds. The Kier molecular flexibility index (Phi) is 6.21. The number of imide groups is 1. The summed E-state index contributed by atoms with van der Waals surface area (Å²) in [5, 5.41) is 2.84. The molecule has 1 N–H and O–H groups in total. The van der Waals surface area contributed by atoms with Gasteiger partial charge in [-0.2, -0.15) is 0 Å². The Bertz CT molecular complexity index is 962. The number of methoxy groups -OCH3 is 1. The van der Waals surface area contributed by atoms with Gasteiger partial charge in [-0.15, -0.1) is 0 Å². The molecule has 7 nitrogen and oxygen atoms in total. The summed E-state index contributed by atoms with van der Waals surface area (Å²) < 4.78 is 5.20. The van der Waals surface area contributed by atoms with Gasteiger partial charge >= 0.3 is 6.03 Å². The molecule has 162 valence electrons. The topological polar surface area (TPSA) is 79.0 Å². The number of benzene rings is 2. The molecule has 0 bridgehead atoms. The molecule has 4 rings (SSSR count). The Labute approximate surface area is 182 Å². The van der Waals surface area contributed by atoms with Crippen molar-refractivity contribution in [3.63, 3.8) is 0 Å². The van der Waals surface area contributed by atoms with Crippen LogP contribution in [0.25, 0.3) is 0 Å². The standard InChI is InChI=1S/C24H27N3O4/c1-31-19-11-7-10-18(14-19)25-22(28)16-26-21-13-6-5-12-20(21)23(29)27(24(26)30)15-17-8-3-2-4-9-17/h2-4,7-11,14,20-21H,5-6,12-13,15-16H2,1H3,(H,25,28). The number of hydrogen-bond acceptors (Lipinski definition) is 4. The van der Waals surface area contributed by atoms with Gasteiger partial charge in [-0.05, 0) is 30.5 Å². The number of nitrogens with zero attached hydrogens (tertiary/aromatic N) is 2. The van der Waals surface area contributed by atoms with Crippen molar-refractivity contribution in [2.75, 3.05) is 19.0 Å². The molecule has 2 aromatic carbocycles. The zero-order valence-corrected chi connectivity index (χ0v) is 17.6. The Morgan fingerprint density at radius 3 is 2.61 bits per heavy atom. The van der Waals surface area contributed by atoms with Gasteiger partial charge in [-0.1, -0.05) is 49.2 Å². The molecule has 2 aromatic rings. The minimum atomic E-state index is -0.391. The Morgan fingerprint density at radius 2 is 1.84 bits per heavy atom. The normalized spacial score (nSPS) is 20.9. The third kappa shape index (κ3) is 4.55. The number of anilines is 1. The third-order valence-corrected chi connectivity index (χ3v) is 6.04. The van der Waals surface area contributed by atoms with Gasteiger partial charge in [-0.25, -0.2) is 4.79 Å². The number of fused-ring (bicyclic) bond motifs is 1. The maximum Gasteiger partial charge on any atom is 0.327 e. The second kappa shape index (κ2) is 9.20. The van der Waals surface area contributed by atoms with E-state index in [2.05, 4.69) is 5.32 Å². The quantitative estimate of drug-likeness (QED) is 0.772. The highest BCUT2D eigenvalue weighted by Gasteiger charge is 2.47. The van der Waals surface area contributed by atoms with Crippen molar-refractivity contribution in [2.24, 2.45) is 5.92 Å². The van der Waals surface area contributed by atoms with Crippen LogP contribution in [0.3, 0.4) is 0 Å². The van der Waals surface area contributed by atoms with Crippen LogP contribution in [0.4, 0.5) is 10.5 Å². The molecule has 2 atom stereocenters. The van der Waals surface area contributed by atoms with E-state index >= 15 is 0 Å². The van der Waals surface area contributed by atoms with E-state index in [4.69, 9.17) is 4.74 Å². The van der Waals surface area contributed by atoms with Crippen molar-refractivity contribution in [2.45, 2.75) is 38.3 Å². The second-order valence-corrected chi connectivity index (χ2v) is 8.06. The number of hydrogen-bond donors (Lipinski definition) is 1. The average molecular weight is 421 g/mol. The second-order valence-electron chi connectivity index (χ2n) is 8.06. The number of rotatable bonds is 6. The predicted molar refractivity (Wildman–Crippen MR) is 116 cm³/mol. The number of carbonyl (C=O) groups excluding carboxylic acids is 3. The fourth-order valence-electron chi connectivity index (χ4n) is 4.52. The highest BCUT2D eigenvalue weighted by Crippen LogP contribution is 2.35. The smallest absolute Gasteiger partial charge is 0.327 e. The lowest BCUT2D eigenvalue weighted by Gasteiger charge is -2.46. The molecule has 1 heterocycles. The summed E-state index contributed by atoms with van der Waals surface area (Å²) in [5.41, 5.74) is 1.49. The van der Waals surface area contributed by atoms with Crippen molar-refractivity contribution in [3.8, 4) is 5.75 Å². The van der Waals surface area contributed by atoms with E-state index < -0.39 is 6.03 Å². The number of urea groups is 1. The van der Waals surface area contributed by atoms with E-state index in [-0.39, 0.29) is 36.9 Å². The molecular formula is C24H27N3O4. The fourth-order valence-corrected chi connectivity index (χ4v) is 4.52. The first kappa shape index (κ1) is 20.9. The Morgan fingerprint density at radius 1 is 1.06 bits per heavy atom. The highest BCUT2D eigenvalue weighted by atomic mass is 16.5. The first-order chi connectivity index (χ1) is 15.1. The van der Waals surface area contributed by atoms with Crippen LogP contribution in [0, 0.1) is 5.92 Å². The first-order valence-corrected chi connectivity index (χ1v) is 10.7. The zero-order chi connectivity index (χ0) is 21.8. The van der Waals surface area contributed by atoms with Crippen LogP contribution in [-0.4, -0.2) is 47.3 Å². The van der Waals surface area contributed by atoms with Gasteiger partial charge in [0.1, 0.15) is 12.3 Å². The lowest BCUT2D eigenvalue weighted by atomic mass is 9.81. The number of ether oxygens (including phenoxy) is 1. The summed E-state index contributed by atoms with van der Waals surface area (Å²) in [7, 11) is 1.56. The molecule has 2 unspecified atom stereocenters. The summed E-state index contributed by atoms with van der Waals surface area (Å²) >= 11 is 0. The minimum absolute atomic E-state index is 0.0875. The van der Waals surface area contributed by atoms with Gasteiger partial charge in [0, 0.05) is 17.8 Å². The molecule has 0 radical (unpaired) electrons. The SMILES string of the molecule is COc1cccc(NC(=O)CN2C(=O)N(Cc3ccccc3)C(=O)C3CCCCC32)c1. The molecular weight excluding hydrogens is 394 g/mol. The maximum absolute atomic E-state index is 13.3. The van der Waals surface area contributed by atoms with E-state index in [0.717, 1.165) is 31.2 Å². The van der Waals surface area contributed by atoms with Crippen molar-refractivity contribution < 1.29 is 19.1 Å². The van der Waals surface area contributed by atoms with Crippen LogP contribution in [0.5, 0.6) is 5.75 Å². The van der Waals surface area contributed by atoms with E-state index in [1.807, 2.05) is 30.3 Å². The molecule has 1 aliphatic heterocycles. The average Bonchev–Trinajstić information content (AvgIpc) is 2.80. The molecule has 0 aromatic heterocycles. The number of amides is 4. The van der Waals surface area contributed by atoms with Crippen LogP contribution < -0.4 is 10.1 Å². The maximum atomic E-state index is 13.3. The molecule has 1 saturated heterocycles. The minimum Gasteiger partial charge on any atom is -0.497 e. The van der Waals surface area contributed by atoms with Gasteiger partial charge in [0.2, 0.25) is 11.8 Å². The summed E-state index contributed by atoms with van der Waals surface area (Å²) in [6.07, 6.45) is 3.41. The molecule has 1 aliphatic carbocycles. The molecule has 1 saturated carbocycles. The third-order valence-electron chi connectivity index (χ3n) is 6.04. The summed E-state index contributed by atoms with van der Waals surface area (Å²) in [5.74, 6) is -0.0263. The van der Waals surface area contributed by atoms with E-state index in [1.165, 1.54) is 4.90 Å². The highest BCUT2D eigenvalue weighted by molar-refractivity contribution is 6.01. The Hall–Kier alpha value is -3.35. The molecule has 31 heavy (non-hydrogen) atoms. The van der Waals surface area contributed by atoms with Crippen LogP contribution in [0.1, 0.15) is 31.2 Å². The number of carbonyl (C=O) groups is 3. The predicted octanol–water partition coefficient (Wildman–Crippen LogP) is 3.66. The van der Waals surface area contributed by atoms with Gasteiger partial charge in [-0.3, -0.25) is 14.5 Å². The molecule has 2 fully saturated rings. The van der Waals surface area contributed by atoms with Crippen molar-refractivity contribution in [1.29, 1.82) is 0 Å². The van der Waals surface area contributed by atoms with Crippen LogP contribution in [-0.2, 0) is 16.1 Å². The largest absolute Gasteiger partial charge is 0.497 e. The van der Waals surface area contributed by atoms with E-state index in [9.17, 15) is 14.4 Å². The van der Waals surface area contributed by atoms with E-state index in [1.54, 1.807) is 36.3 Å². The lowest BCUT2D eigenvalue weighted by Crippen LogP contribution is -2.63. The van der Waals surface area contributed by atoms with Gasteiger partial charge in [0.15, 0.2) is 0 Å². The summed E-state index contributed by atoms with van der Waals surface area (Å²) in [4.78, 5) is 42.1. The number of nitrogens with one attached hydrogen (secondary N) is 1. The molecule has 0 spiro atoms. The molecule has 2 aliphatic rings. The molecule has 7 heteroatoms. The first-order valence-electron chi connectivity index (χ1n) is 10.7. The van der Waals surface area contributed by atoms with Crippen molar-refractivity contribution in [1.82, 2.24) is 9.80 Å². The van der Waals surface area contributed by atoms with Gasteiger partial charge < -0.3 is 15.0 Å². The van der Waals surface area contributed by atoms with Crippen LogP contribution >= 0.6 is 0 Å². The van der Waals surface area contributed by atoms with Crippen molar-refractivity contribution in [3.05, 3.63) is 60.2 Å². The fraction of sp³-hybridized carbons (Fsp3) is 0.375.